The molecule has 2 N–H and O–H groups in total. The smallest absolute Gasteiger partial charge is 0.239 e. The lowest BCUT2D eigenvalue weighted by atomic mass is 9.90. The molecule has 5 nitrogen and oxygen atoms in total. The van der Waals surface area contributed by atoms with Crippen molar-refractivity contribution in [2.75, 3.05) is 5.32 Å². The predicted octanol–water partition coefficient (Wildman–Crippen LogP) is 2.98. The molecule has 0 aliphatic heterocycles. The van der Waals surface area contributed by atoms with Crippen LogP contribution in [-0.2, 0) is 16.1 Å². The third-order valence-electron chi connectivity index (χ3n) is 4.08. The van der Waals surface area contributed by atoms with Gasteiger partial charge in [0, 0.05) is 24.6 Å². The number of aryl methyl sites for hydroxylation is 2. The van der Waals surface area contributed by atoms with Crippen LogP contribution in [-0.4, -0.2) is 16.8 Å². The lowest BCUT2D eigenvalue weighted by molar-refractivity contribution is -0.138. The molecule has 24 heavy (non-hydrogen) atoms. The topological polar surface area (TPSA) is 71.1 Å². The highest BCUT2D eigenvalue weighted by Gasteiger charge is 2.35. The van der Waals surface area contributed by atoms with Gasteiger partial charge in [-0.05, 0) is 62.6 Å². The van der Waals surface area contributed by atoms with Gasteiger partial charge in [-0.15, -0.1) is 0 Å². The summed E-state index contributed by atoms with van der Waals surface area (Å²) in [5, 5.41) is 5.60. The second kappa shape index (κ2) is 7.25. The summed E-state index contributed by atoms with van der Waals surface area (Å²) < 4.78 is 0. The molecule has 1 aromatic heterocycles. The number of nitrogens with zero attached hydrogens (tertiary/aromatic N) is 1. The van der Waals surface area contributed by atoms with Crippen LogP contribution in [0.15, 0.2) is 42.7 Å². The Morgan fingerprint density at radius 3 is 2.46 bits per heavy atom. The Bertz CT molecular complexity index is 740. The van der Waals surface area contributed by atoms with E-state index in [9.17, 15) is 9.59 Å². The van der Waals surface area contributed by atoms with E-state index in [1.165, 1.54) is 0 Å². The Balaban J connectivity index is 2.00. The molecule has 5 heteroatoms. The summed E-state index contributed by atoms with van der Waals surface area (Å²) in [7, 11) is 0. The van der Waals surface area contributed by atoms with Gasteiger partial charge >= 0.3 is 0 Å². The molecule has 0 saturated carbocycles. The second-order valence-corrected chi connectivity index (χ2v) is 6.42. The van der Waals surface area contributed by atoms with Gasteiger partial charge in [0.2, 0.25) is 11.8 Å². The van der Waals surface area contributed by atoms with Crippen molar-refractivity contribution in [1.29, 1.82) is 0 Å². The first-order valence-electron chi connectivity index (χ1n) is 7.86. The van der Waals surface area contributed by atoms with E-state index in [1.54, 1.807) is 32.3 Å². The summed E-state index contributed by atoms with van der Waals surface area (Å²) in [5.41, 5.74) is 2.64. The van der Waals surface area contributed by atoms with Gasteiger partial charge in [0.15, 0.2) is 0 Å². The minimum atomic E-state index is -1.18. The van der Waals surface area contributed by atoms with Crippen LogP contribution < -0.4 is 10.6 Å². The maximum Gasteiger partial charge on any atom is 0.239 e. The van der Waals surface area contributed by atoms with Gasteiger partial charge in [-0.1, -0.05) is 12.1 Å². The maximum atomic E-state index is 12.5. The zero-order chi connectivity index (χ0) is 17.7. The number of carbonyl (C=O) groups is 2. The van der Waals surface area contributed by atoms with E-state index in [2.05, 4.69) is 15.6 Å². The van der Waals surface area contributed by atoms with Gasteiger partial charge in [0.1, 0.15) is 5.41 Å². The molecule has 0 unspecified atom stereocenters. The predicted molar refractivity (Wildman–Crippen MR) is 94.4 cm³/mol. The lowest BCUT2D eigenvalue weighted by Crippen LogP contribution is -2.44. The molecule has 2 rings (SSSR count). The van der Waals surface area contributed by atoms with E-state index in [-0.39, 0.29) is 11.8 Å². The number of amides is 2. The highest BCUT2D eigenvalue weighted by Crippen LogP contribution is 2.21. The first kappa shape index (κ1) is 17.7. The van der Waals surface area contributed by atoms with Crippen LogP contribution in [0.5, 0.6) is 0 Å². The van der Waals surface area contributed by atoms with Gasteiger partial charge in [-0.25, -0.2) is 0 Å². The molecule has 0 aliphatic carbocycles. The number of carbonyl (C=O) groups excluding carboxylic acids is 2. The second-order valence-electron chi connectivity index (χ2n) is 6.42. The molecule has 0 atom stereocenters. The minimum absolute atomic E-state index is 0.326. The van der Waals surface area contributed by atoms with Crippen molar-refractivity contribution >= 4 is 17.5 Å². The van der Waals surface area contributed by atoms with Gasteiger partial charge in [-0.3, -0.25) is 14.6 Å². The Kier molecular flexibility index (Phi) is 5.34. The Hall–Kier alpha value is -2.69. The van der Waals surface area contributed by atoms with Crippen LogP contribution in [0.2, 0.25) is 0 Å². The fourth-order valence-electron chi connectivity index (χ4n) is 2.12. The number of aromatic nitrogens is 1. The van der Waals surface area contributed by atoms with Gasteiger partial charge < -0.3 is 10.6 Å². The lowest BCUT2D eigenvalue weighted by Gasteiger charge is -2.23. The average Bonchev–Trinajstić information content (AvgIpc) is 2.56. The first-order valence-corrected chi connectivity index (χ1v) is 7.86. The molecule has 1 aromatic carbocycles. The minimum Gasteiger partial charge on any atom is -0.351 e. The van der Waals surface area contributed by atoms with Crippen LogP contribution >= 0.6 is 0 Å². The molecule has 0 bridgehead atoms. The Morgan fingerprint density at radius 1 is 1.08 bits per heavy atom. The number of rotatable bonds is 5. The molecule has 0 radical (unpaired) electrons. The zero-order valence-electron chi connectivity index (χ0n) is 14.5. The summed E-state index contributed by atoms with van der Waals surface area (Å²) in [6.45, 7) is 7.56. The summed E-state index contributed by atoms with van der Waals surface area (Å²) in [6, 6.07) is 9.36. The van der Waals surface area contributed by atoms with Crippen LogP contribution in [0.4, 0.5) is 5.69 Å². The van der Waals surface area contributed by atoms with E-state index < -0.39 is 5.41 Å². The van der Waals surface area contributed by atoms with E-state index in [1.807, 2.05) is 38.1 Å². The standard InChI is InChI=1S/C19H23N3O2/c1-13-7-8-16(10-14(13)2)22-18(24)19(3,4)17(23)21-12-15-6-5-9-20-11-15/h5-11H,12H2,1-4H3,(H,21,23)(H,22,24). The summed E-state index contributed by atoms with van der Waals surface area (Å²) >= 11 is 0. The van der Waals surface area contributed by atoms with Crippen LogP contribution in [0.25, 0.3) is 0 Å². The van der Waals surface area contributed by atoms with Crippen molar-refractivity contribution in [3.05, 3.63) is 59.4 Å². The number of anilines is 1. The SMILES string of the molecule is Cc1ccc(NC(=O)C(C)(C)C(=O)NCc2cccnc2)cc1C. The quantitative estimate of drug-likeness (QED) is 0.830. The van der Waals surface area contributed by atoms with Crippen molar-refractivity contribution in [2.45, 2.75) is 34.2 Å². The largest absolute Gasteiger partial charge is 0.351 e. The molecular weight excluding hydrogens is 302 g/mol. The first-order chi connectivity index (χ1) is 11.3. The number of hydrogen-bond acceptors (Lipinski definition) is 3. The fourth-order valence-corrected chi connectivity index (χ4v) is 2.12. The molecular formula is C19H23N3O2. The molecule has 1 heterocycles. The molecule has 126 valence electrons. The third kappa shape index (κ3) is 4.19. The van der Waals surface area contributed by atoms with Crippen LogP contribution in [0.1, 0.15) is 30.5 Å². The fraction of sp³-hybridized carbons (Fsp3) is 0.316. The number of nitrogens with one attached hydrogen (secondary N) is 2. The van der Waals surface area contributed by atoms with E-state index >= 15 is 0 Å². The van der Waals surface area contributed by atoms with Gasteiger partial charge in [0.25, 0.3) is 0 Å². The number of pyridine rings is 1. The van der Waals surface area contributed by atoms with Crippen molar-refractivity contribution in [2.24, 2.45) is 5.41 Å². The summed E-state index contributed by atoms with van der Waals surface area (Å²) in [6.07, 6.45) is 3.36. The molecule has 0 spiro atoms. The van der Waals surface area contributed by atoms with E-state index in [0.717, 1.165) is 16.7 Å². The number of hydrogen-bond donors (Lipinski definition) is 2. The zero-order valence-corrected chi connectivity index (χ0v) is 14.5. The molecule has 0 saturated heterocycles. The summed E-state index contributed by atoms with van der Waals surface area (Å²) in [4.78, 5) is 28.9. The maximum absolute atomic E-state index is 12.5. The van der Waals surface area contributed by atoms with E-state index in [0.29, 0.717) is 12.2 Å². The monoisotopic (exact) mass is 325 g/mol. The van der Waals surface area contributed by atoms with E-state index in [4.69, 9.17) is 0 Å². The van der Waals surface area contributed by atoms with Gasteiger partial charge in [0.05, 0.1) is 0 Å². The average molecular weight is 325 g/mol. The Labute approximate surface area is 142 Å². The van der Waals surface area contributed by atoms with Crippen LogP contribution in [0.3, 0.4) is 0 Å². The van der Waals surface area contributed by atoms with Crippen molar-refractivity contribution in [3.8, 4) is 0 Å². The molecule has 0 fully saturated rings. The highest BCUT2D eigenvalue weighted by molar-refractivity contribution is 6.09. The third-order valence-corrected chi connectivity index (χ3v) is 4.08. The van der Waals surface area contributed by atoms with Crippen LogP contribution in [0, 0.1) is 19.3 Å². The van der Waals surface area contributed by atoms with Crippen molar-refractivity contribution in [1.82, 2.24) is 10.3 Å². The molecule has 0 aliphatic rings. The summed E-state index contributed by atoms with van der Waals surface area (Å²) in [5.74, 6) is -0.665. The van der Waals surface area contributed by atoms with Crippen molar-refractivity contribution in [3.63, 3.8) is 0 Å². The normalized spacial score (nSPS) is 11.0. The number of benzene rings is 1. The molecule has 2 amide bonds. The highest BCUT2D eigenvalue weighted by atomic mass is 16.2. The molecule has 2 aromatic rings. The Morgan fingerprint density at radius 2 is 1.83 bits per heavy atom. The van der Waals surface area contributed by atoms with Crippen molar-refractivity contribution < 1.29 is 9.59 Å². The van der Waals surface area contributed by atoms with Gasteiger partial charge in [-0.2, -0.15) is 0 Å².